The second kappa shape index (κ2) is 8.86. The molecule has 10 atom stereocenters. The summed E-state index contributed by atoms with van der Waals surface area (Å²) in [6, 6.07) is 2.61. The van der Waals surface area contributed by atoms with E-state index in [1.165, 1.54) is 0 Å². The first-order valence-corrected chi connectivity index (χ1v) is 16.3. The van der Waals surface area contributed by atoms with E-state index < -0.39 is 72.9 Å². The SMILES string of the molecule is CC[Si](CC)(CC)OC1=C(C)[C@@H]2C[C@H]3OC(=O)[C@H](O)[C@H]4[C@]5(C(=O)OC)OC[C@]34[C@H]([C@@H](O)[C@@H]5O)[C@@]2(C)CC1=O. The monoisotopic (exact) mass is 552 g/mol. The van der Waals surface area contributed by atoms with Gasteiger partial charge in [-0.3, -0.25) is 4.79 Å². The topological polar surface area (TPSA) is 149 Å². The molecule has 2 bridgehead atoms. The number of Topliss-reactive ketones (excluding diaryl/α,β-unsaturated/α-hetero) is 1. The Labute approximate surface area is 223 Å². The third-order valence-corrected chi connectivity index (χ3v) is 15.6. The van der Waals surface area contributed by atoms with Gasteiger partial charge >= 0.3 is 11.9 Å². The van der Waals surface area contributed by atoms with Crippen LogP contribution in [-0.4, -0.2) is 85.1 Å². The third-order valence-electron chi connectivity index (χ3n) is 11.1. The smallest absolute Gasteiger partial charge is 0.341 e. The maximum atomic E-state index is 13.8. The molecular weight excluding hydrogens is 512 g/mol. The molecule has 38 heavy (non-hydrogen) atoms. The Morgan fingerprint density at radius 3 is 2.32 bits per heavy atom. The zero-order chi connectivity index (χ0) is 28.0. The maximum absolute atomic E-state index is 13.8. The van der Waals surface area contributed by atoms with Crippen molar-refractivity contribution in [1.82, 2.24) is 0 Å². The van der Waals surface area contributed by atoms with Gasteiger partial charge in [-0.15, -0.1) is 0 Å². The minimum absolute atomic E-state index is 0.0524. The van der Waals surface area contributed by atoms with Crippen molar-refractivity contribution >= 4 is 26.0 Å². The predicted molar refractivity (Wildman–Crippen MR) is 135 cm³/mol. The Hall–Kier alpha value is -1.79. The highest BCUT2D eigenvalue weighted by atomic mass is 28.4. The largest absolute Gasteiger partial charge is 0.541 e. The van der Waals surface area contributed by atoms with Crippen LogP contribution in [0.2, 0.25) is 18.1 Å². The average molecular weight is 553 g/mol. The van der Waals surface area contributed by atoms with E-state index in [0.29, 0.717) is 12.2 Å². The summed E-state index contributed by atoms with van der Waals surface area (Å²) < 4.78 is 23.4. The molecular formula is C27H40O10Si. The molecule has 5 aliphatic rings. The van der Waals surface area contributed by atoms with Crippen molar-refractivity contribution in [2.75, 3.05) is 13.7 Å². The van der Waals surface area contributed by atoms with Gasteiger partial charge in [-0.25, -0.2) is 9.59 Å². The van der Waals surface area contributed by atoms with E-state index in [-0.39, 0.29) is 24.7 Å². The lowest BCUT2D eigenvalue weighted by molar-refractivity contribution is -0.288. The van der Waals surface area contributed by atoms with Crippen molar-refractivity contribution in [3.05, 3.63) is 11.3 Å². The van der Waals surface area contributed by atoms with Crippen LogP contribution in [-0.2, 0) is 33.0 Å². The lowest BCUT2D eigenvalue weighted by Crippen LogP contribution is -2.79. The van der Waals surface area contributed by atoms with Crippen LogP contribution in [0.5, 0.6) is 0 Å². The number of methoxy groups -OCH3 is 1. The van der Waals surface area contributed by atoms with Crippen LogP contribution in [0.4, 0.5) is 0 Å². The maximum Gasteiger partial charge on any atom is 0.341 e. The zero-order valence-electron chi connectivity index (χ0n) is 23.0. The number of aliphatic hydroxyl groups is 3. The summed E-state index contributed by atoms with van der Waals surface area (Å²) in [7, 11) is -1.05. The van der Waals surface area contributed by atoms with Gasteiger partial charge in [0, 0.05) is 17.8 Å². The number of hydrogen-bond acceptors (Lipinski definition) is 10. The number of carbonyl (C=O) groups excluding carboxylic acids is 3. The van der Waals surface area contributed by atoms with E-state index in [1.54, 1.807) is 0 Å². The summed E-state index contributed by atoms with van der Waals surface area (Å²) in [5.74, 6) is -3.95. The van der Waals surface area contributed by atoms with Gasteiger partial charge in [0.2, 0.25) is 0 Å². The van der Waals surface area contributed by atoms with Crippen LogP contribution in [0.3, 0.4) is 0 Å². The number of aliphatic hydroxyl groups excluding tert-OH is 3. The molecule has 0 aromatic heterocycles. The number of fused-ring (bicyclic) bond motifs is 2. The average Bonchev–Trinajstić information content (AvgIpc) is 3.21. The van der Waals surface area contributed by atoms with Crippen molar-refractivity contribution < 1.29 is 48.3 Å². The van der Waals surface area contributed by atoms with Crippen molar-refractivity contribution in [3.63, 3.8) is 0 Å². The van der Waals surface area contributed by atoms with Crippen molar-refractivity contribution in [2.45, 2.75) is 95.6 Å². The minimum atomic E-state index is -2.17. The van der Waals surface area contributed by atoms with Gasteiger partial charge < -0.3 is 34.0 Å². The molecule has 5 rings (SSSR count). The zero-order valence-corrected chi connectivity index (χ0v) is 24.0. The number of allylic oxidation sites excluding steroid dienone is 2. The Kier molecular flexibility index (Phi) is 6.47. The van der Waals surface area contributed by atoms with E-state index >= 15 is 0 Å². The lowest BCUT2D eigenvalue weighted by atomic mass is 9.38. The van der Waals surface area contributed by atoms with E-state index in [2.05, 4.69) is 20.8 Å². The van der Waals surface area contributed by atoms with Gasteiger partial charge in [-0.2, -0.15) is 0 Å². The van der Waals surface area contributed by atoms with Gasteiger partial charge in [0.15, 0.2) is 17.5 Å². The number of esters is 2. The minimum Gasteiger partial charge on any atom is -0.541 e. The molecule has 212 valence electrons. The molecule has 0 aromatic rings. The van der Waals surface area contributed by atoms with Gasteiger partial charge in [-0.1, -0.05) is 27.7 Å². The van der Waals surface area contributed by atoms with Crippen LogP contribution in [0, 0.1) is 28.6 Å². The molecule has 3 N–H and O–H groups in total. The summed E-state index contributed by atoms with van der Waals surface area (Å²) in [4.78, 5) is 39.8. The van der Waals surface area contributed by atoms with Crippen molar-refractivity contribution in [2.24, 2.45) is 28.6 Å². The Morgan fingerprint density at radius 2 is 1.74 bits per heavy atom. The van der Waals surface area contributed by atoms with Gasteiger partial charge in [0.05, 0.1) is 25.7 Å². The first-order valence-electron chi connectivity index (χ1n) is 13.7. The molecule has 10 nitrogen and oxygen atoms in total. The molecule has 0 unspecified atom stereocenters. The number of carbonyl (C=O) groups is 3. The third kappa shape index (κ3) is 3.11. The summed E-state index contributed by atoms with van der Waals surface area (Å²) >= 11 is 0. The highest BCUT2D eigenvalue weighted by Crippen LogP contribution is 2.72. The molecule has 1 spiro atoms. The van der Waals surface area contributed by atoms with Gasteiger partial charge in [0.1, 0.15) is 18.0 Å². The highest BCUT2D eigenvalue weighted by Gasteiger charge is 2.84. The fraction of sp³-hybridized carbons (Fsp3) is 0.815. The summed E-state index contributed by atoms with van der Waals surface area (Å²) in [6.45, 7) is 9.93. The molecule has 2 heterocycles. The Bertz CT molecular complexity index is 1080. The summed E-state index contributed by atoms with van der Waals surface area (Å²) in [6.07, 6.45) is -5.49. The number of rotatable bonds is 6. The van der Waals surface area contributed by atoms with Crippen LogP contribution in [0.15, 0.2) is 11.3 Å². The quantitative estimate of drug-likeness (QED) is 0.327. The molecule has 4 fully saturated rings. The first-order chi connectivity index (χ1) is 17.8. The van der Waals surface area contributed by atoms with Crippen LogP contribution >= 0.6 is 0 Å². The fourth-order valence-corrected chi connectivity index (χ4v) is 11.7. The van der Waals surface area contributed by atoms with E-state index in [9.17, 15) is 29.7 Å². The molecule has 3 aliphatic carbocycles. The van der Waals surface area contributed by atoms with Crippen LogP contribution in [0.1, 0.15) is 47.5 Å². The molecule has 0 aromatic carbocycles. The predicted octanol–water partition coefficient (Wildman–Crippen LogP) is 1.46. The van der Waals surface area contributed by atoms with E-state index in [4.69, 9.17) is 18.6 Å². The molecule has 11 heteroatoms. The van der Waals surface area contributed by atoms with Crippen molar-refractivity contribution in [1.29, 1.82) is 0 Å². The number of ether oxygens (including phenoxy) is 3. The second-order valence-electron chi connectivity index (χ2n) is 12.2. The normalized spacial score (nSPS) is 45.8. The Morgan fingerprint density at radius 1 is 1.11 bits per heavy atom. The van der Waals surface area contributed by atoms with Crippen molar-refractivity contribution in [3.8, 4) is 0 Å². The molecule has 0 radical (unpaired) electrons. The molecule has 2 saturated heterocycles. The second-order valence-corrected chi connectivity index (χ2v) is 16.9. The van der Waals surface area contributed by atoms with Crippen LogP contribution in [0.25, 0.3) is 0 Å². The van der Waals surface area contributed by atoms with Gasteiger partial charge in [0.25, 0.3) is 8.32 Å². The first kappa shape index (κ1) is 27.8. The van der Waals surface area contributed by atoms with E-state index in [0.717, 1.165) is 30.8 Å². The standard InChI is InChI=1S/C27H40O10Si/c1-7-38(8-2,9-3)37-19-13(4)14-10-16-26-12-35-27(24(33)34-6,21(26)18(30)23(32)36-16)22(31)17(29)20(26)25(14,5)11-15(19)28/h14,16-18,20-22,29-31H,7-12H2,1-6H3/t14-,16+,17+,18+,20+,21+,22-,25-,26+,27-/m0/s1. The van der Waals surface area contributed by atoms with E-state index in [1.807, 2.05) is 13.8 Å². The summed E-state index contributed by atoms with van der Waals surface area (Å²) in [5, 5.41) is 34.3. The number of ketones is 1. The molecule has 0 amide bonds. The van der Waals surface area contributed by atoms with Gasteiger partial charge in [-0.05, 0) is 48.4 Å². The fourth-order valence-electron chi connectivity index (χ4n) is 9.07. The van der Waals surface area contributed by atoms with Crippen LogP contribution < -0.4 is 0 Å². The number of hydrogen-bond donors (Lipinski definition) is 3. The Balaban J connectivity index is 1.68. The summed E-state index contributed by atoms with van der Waals surface area (Å²) in [5.41, 5.74) is -3.44. The molecule has 2 aliphatic heterocycles. The molecule has 2 saturated carbocycles. The lowest BCUT2D eigenvalue weighted by Gasteiger charge is -2.67. The highest BCUT2D eigenvalue weighted by molar-refractivity contribution is 6.74.